The SMILES string of the molecule is O=C(NCCSCc1ccccc1F)c1n[nH]c2ccc([N+](=O)[O-])cc12. The van der Waals surface area contributed by atoms with Crippen LogP contribution in [-0.4, -0.2) is 33.3 Å². The molecule has 26 heavy (non-hydrogen) atoms. The van der Waals surface area contributed by atoms with E-state index in [1.807, 2.05) is 0 Å². The maximum absolute atomic E-state index is 13.5. The molecule has 9 heteroatoms. The second-order valence-electron chi connectivity index (χ2n) is 5.46. The van der Waals surface area contributed by atoms with Crippen molar-refractivity contribution < 1.29 is 14.1 Å². The number of carbonyl (C=O) groups is 1. The number of non-ortho nitro benzene ring substituents is 1. The number of nitrogens with one attached hydrogen (secondary N) is 2. The Labute approximate surface area is 152 Å². The van der Waals surface area contributed by atoms with E-state index in [-0.39, 0.29) is 17.2 Å². The highest BCUT2D eigenvalue weighted by molar-refractivity contribution is 7.98. The Morgan fingerprint density at radius 3 is 2.88 bits per heavy atom. The van der Waals surface area contributed by atoms with Crippen molar-refractivity contribution >= 4 is 34.3 Å². The first-order valence-electron chi connectivity index (χ1n) is 7.78. The molecule has 134 valence electrons. The molecular weight excluding hydrogens is 359 g/mol. The zero-order chi connectivity index (χ0) is 18.5. The summed E-state index contributed by atoms with van der Waals surface area (Å²) in [6.07, 6.45) is 0. The van der Waals surface area contributed by atoms with Crippen LogP contribution in [-0.2, 0) is 5.75 Å². The maximum atomic E-state index is 13.5. The van der Waals surface area contributed by atoms with E-state index in [0.29, 0.717) is 34.5 Å². The Balaban J connectivity index is 1.55. The molecule has 0 aliphatic rings. The van der Waals surface area contributed by atoms with E-state index in [4.69, 9.17) is 0 Å². The summed E-state index contributed by atoms with van der Waals surface area (Å²) in [4.78, 5) is 22.6. The van der Waals surface area contributed by atoms with Crippen molar-refractivity contribution in [1.82, 2.24) is 15.5 Å². The number of nitrogens with zero attached hydrogens (tertiary/aromatic N) is 2. The lowest BCUT2D eigenvalue weighted by molar-refractivity contribution is -0.384. The molecule has 1 heterocycles. The Morgan fingerprint density at radius 2 is 2.12 bits per heavy atom. The first-order valence-corrected chi connectivity index (χ1v) is 8.93. The molecule has 0 bridgehead atoms. The number of nitro benzene ring substituents is 1. The summed E-state index contributed by atoms with van der Waals surface area (Å²) in [5.41, 5.74) is 1.18. The third-order valence-electron chi connectivity index (χ3n) is 3.72. The fraction of sp³-hybridized carbons (Fsp3) is 0.176. The van der Waals surface area contributed by atoms with Crippen LogP contribution in [0.3, 0.4) is 0 Å². The highest BCUT2D eigenvalue weighted by Crippen LogP contribution is 2.22. The van der Waals surface area contributed by atoms with Crippen molar-refractivity contribution in [3.63, 3.8) is 0 Å². The molecule has 2 N–H and O–H groups in total. The van der Waals surface area contributed by atoms with E-state index in [2.05, 4.69) is 15.5 Å². The van der Waals surface area contributed by atoms with E-state index in [1.165, 1.54) is 36.0 Å². The number of hydrogen-bond acceptors (Lipinski definition) is 5. The van der Waals surface area contributed by atoms with E-state index in [9.17, 15) is 19.3 Å². The van der Waals surface area contributed by atoms with Gasteiger partial charge in [0.1, 0.15) is 5.82 Å². The highest BCUT2D eigenvalue weighted by Gasteiger charge is 2.16. The predicted molar refractivity (Wildman–Crippen MR) is 97.6 cm³/mol. The molecule has 0 saturated heterocycles. The molecule has 1 amide bonds. The van der Waals surface area contributed by atoms with Gasteiger partial charge in [-0.15, -0.1) is 0 Å². The number of rotatable bonds is 7. The van der Waals surface area contributed by atoms with E-state index >= 15 is 0 Å². The smallest absolute Gasteiger partial charge is 0.272 e. The molecular formula is C17H15FN4O3S. The minimum Gasteiger partial charge on any atom is -0.350 e. The van der Waals surface area contributed by atoms with E-state index < -0.39 is 10.8 Å². The minimum absolute atomic E-state index is 0.103. The monoisotopic (exact) mass is 374 g/mol. The average molecular weight is 374 g/mol. The van der Waals surface area contributed by atoms with Crippen molar-refractivity contribution in [2.24, 2.45) is 0 Å². The molecule has 0 aliphatic carbocycles. The van der Waals surface area contributed by atoms with Crippen molar-refractivity contribution in [1.29, 1.82) is 0 Å². The number of carbonyl (C=O) groups excluding carboxylic acids is 1. The quantitative estimate of drug-likeness (QED) is 0.375. The van der Waals surface area contributed by atoms with Crippen LogP contribution in [0.15, 0.2) is 42.5 Å². The summed E-state index contributed by atoms with van der Waals surface area (Å²) in [6, 6.07) is 10.7. The molecule has 1 aromatic heterocycles. The van der Waals surface area contributed by atoms with Gasteiger partial charge >= 0.3 is 0 Å². The van der Waals surface area contributed by atoms with Crippen LogP contribution in [0.4, 0.5) is 10.1 Å². The molecule has 3 rings (SSSR count). The van der Waals surface area contributed by atoms with Crippen LogP contribution in [0, 0.1) is 15.9 Å². The standard InChI is InChI=1S/C17H15FN4O3S/c18-14-4-2-1-3-11(14)10-26-8-7-19-17(23)16-13-9-12(22(24)25)5-6-15(13)20-21-16/h1-6,9H,7-8,10H2,(H,19,23)(H,20,21). The van der Waals surface area contributed by atoms with Crippen LogP contribution in [0.1, 0.15) is 16.1 Å². The van der Waals surface area contributed by atoms with Gasteiger partial charge in [0.25, 0.3) is 11.6 Å². The third-order valence-corrected chi connectivity index (χ3v) is 4.73. The van der Waals surface area contributed by atoms with Crippen molar-refractivity contribution in [3.05, 3.63) is 69.7 Å². The molecule has 0 spiro atoms. The number of benzene rings is 2. The van der Waals surface area contributed by atoms with Crippen LogP contribution in [0.5, 0.6) is 0 Å². The summed E-state index contributed by atoms with van der Waals surface area (Å²) in [5.74, 6) is 0.458. The molecule has 0 fully saturated rings. The lowest BCUT2D eigenvalue weighted by Crippen LogP contribution is -2.26. The van der Waals surface area contributed by atoms with Crippen LogP contribution < -0.4 is 5.32 Å². The second-order valence-corrected chi connectivity index (χ2v) is 6.56. The third kappa shape index (κ3) is 3.99. The van der Waals surface area contributed by atoms with E-state index in [1.54, 1.807) is 18.2 Å². The first kappa shape index (κ1) is 17.9. The molecule has 0 unspecified atom stereocenters. The summed E-state index contributed by atoms with van der Waals surface area (Å²) < 4.78 is 13.5. The number of amides is 1. The van der Waals surface area contributed by atoms with Gasteiger partial charge < -0.3 is 5.32 Å². The normalized spacial score (nSPS) is 10.8. The Kier molecular flexibility index (Phi) is 5.47. The van der Waals surface area contributed by atoms with Gasteiger partial charge in [0.15, 0.2) is 5.69 Å². The Bertz CT molecular complexity index is 960. The molecule has 0 aliphatic heterocycles. The van der Waals surface area contributed by atoms with Crippen LogP contribution >= 0.6 is 11.8 Å². The first-order chi connectivity index (χ1) is 12.6. The number of nitro groups is 1. The number of aromatic amines is 1. The van der Waals surface area contributed by atoms with Gasteiger partial charge in [-0.2, -0.15) is 16.9 Å². The zero-order valence-corrected chi connectivity index (χ0v) is 14.4. The lowest BCUT2D eigenvalue weighted by Gasteiger charge is -2.05. The van der Waals surface area contributed by atoms with Gasteiger partial charge in [-0.3, -0.25) is 20.0 Å². The van der Waals surface area contributed by atoms with Gasteiger partial charge in [0.2, 0.25) is 0 Å². The van der Waals surface area contributed by atoms with Crippen molar-refractivity contribution in [2.75, 3.05) is 12.3 Å². The fourth-order valence-corrected chi connectivity index (χ4v) is 3.25. The van der Waals surface area contributed by atoms with Gasteiger partial charge in [-0.1, -0.05) is 18.2 Å². The van der Waals surface area contributed by atoms with Crippen molar-refractivity contribution in [2.45, 2.75) is 5.75 Å². The zero-order valence-electron chi connectivity index (χ0n) is 13.6. The number of halogens is 1. The lowest BCUT2D eigenvalue weighted by atomic mass is 10.2. The Hall–Kier alpha value is -2.94. The van der Waals surface area contributed by atoms with E-state index in [0.717, 1.165) is 0 Å². The number of fused-ring (bicyclic) bond motifs is 1. The molecule has 0 radical (unpaired) electrons. The van der Waals surface area contributed by atoms with Crippen molar-refractivity contribution in [3.8, 4) is 0 Å². The summed E-state index contributed by atoms with van der Waals surface area (Å²) in [5, 5.41) is 20.6. The number of thioether (sulfide) groups is 1. The number of hydrogen-bond donors (Lipinski definition) is 2. The van der Waals surface area contributed by atoms with Crippen LogP contribution in [0.25, 0.3) is 10.9 Å². The highest BCUT2D eigenvalue weighted by atomic mass is 32.2. The molecule has 0 atom stereocenters. The number of H-pyrrole nitrogens is 1. The number of aromatic nitrogens is 2. The largest absolute Gasteiger partial charge is 0.350 e. The second kappa shape index (κ2) is 7.96. The van der Waals surface area contributed by atoms with Crippen LogP contribution in [0.2, 0.25) is 0 Å². The minimum atomic E-state index is -0.520. The Morgan fingerprint density at radius 1 is 1.31 bits per heavy atom. The van der Waals surface area contributed by atoms with Gasteiger partial charge in [0, 0.05) is 35.6 Å². The average Bonchev–Trinajstić information content (AvgIpc) is 3.06. The summed E-state index contributed by atoms with van der Waals surface area (Å²) in [7, 11) is 0. The van der Waals surface area contributed by atoms with Gasteiger partial charge in [0.05, 0.1) is 10.4 Å². The molecule has 2 aromatic carbocycles. The molecule has 0 saturated carbocycles. The van der Waals surface area contributed by atoms with Gasteiger partial charge in [-0.25, -0.2) is 4.39 Å². The summed E-state index contributed by atoms with van der Waals surface area (Å²) >= 11 is 1.50. The fourth-order valence-electron chi connectivity index (χ4n) is 2.41. The molecule has 7 nitrogen and oxygen atoms in total. The summed E-state index contributed by atoms with van der Waals surface area (Å²) in [6.45, 7) is 0.376. The topological polar surface area (TPSA) is 101 Å². The predicted octanol–water partition coefficient (Wildman–Crippen LogP) is 3.27. The van der Waals surface area contributed by atoms with Gasteiger partial charge in [-0.05, 0) is 17.7 Å². The maximum Gasteiger partial charge on any atom is 0.272 e. The molecule has 3 aromatic rings.